The van der Waals surface area contributed by atoms with Crippen LogP contribution in [0.2, 0.25) is 0 Å². The lowest BCUT2D eigenvalue weighted by molar-refractivity contribution is 0.968. The van der Waals surface area contributed by atoms with Crippen LogP contribution in [0, 0.1) is 0 Å². The first-order valence-corrected chi connectivity index (χ1v) is 3.55. The van der Waals surface area contributed by atoms with Crippen LogP contribution in [-0.2, 0) is 0 Å². The van der Waals surface area contributed by atoms with Gasteiger partial charge < -0.3 is 5.32 Å². The van der Waals surface area contributed by atoms with Gasteiger partial charge in [0.2, 0.25) is 0 Å². The second-order valence-corrected chi connectivity index (χ2v) is 2.26. The molecule has 0 radical (unpaired) electrons. The summed E-state index contributed by atoms with van der Waals surface area (Å²) in [6, 6.07) is 0. The van der Waals surface area contributed by atoms with Gasteiger partial charge in [-0.15, -0.1) is 11.8 Å². The van der Waals surface area contributed by atoms with E-state index in [-0.39, 0.29) is 0 Å². The minimum absolute atomic E-state index is 0.968. The molecule has 0 spiro atoms. The molecule has 0 atom stereocenters. The first kappa shape index (κ1) is 6.89. The van der Waals surface area contributed by atoms with Crippen molar-refractivity contribution in [1.82, 2.24) is 5.32 Å². The molecule has 0 unspecified atom stereocenters. The third-order valence-electron chi connectivity index (χ3n) is 0.518. The van der Waals surface area contributed by atoms with Crippen LogP contribution in [0.5, 0.6) is 0 Å². The molecule has 0 fully saturated rings. The van der Waals surface area contributed by atoms with Crippen molar-refractivity contribution in [2.75, 3.05) is 12.1 Å². The summed E-state index contributed by atoms with van der Waals surface area (Å²) in [6.45, 7) is 5.62. The molecule has 0 rings (SSSR count). The van der Waals surface area contributed by atoms with Gasteiger partial charge in [0.15, 0.2) is 0 Å². The fourth-order valence-electron chi connectivity index (χ4n) is 0.195. The summed E-state index contributed by atoms with van der Waals surface area (Å²) < 4.78 is 0. The van der Waals surface area contributed by atoms with E-state index in [4.69, 9.17) is 0 Å². The van der Waals surface area contributed by atoms with E-state index < -0.39 is 0 Å². The number of thioether (sulfide) groups is 1. The second-order valence-electron chi connectivity index (χ2n) is 1.39. The Morgan fingerprint density at radius 2 is 2.43 bits per heavy atom. The number of nitrogens with one attached hydrogen (secondary N) is 1. The third kappa shape index (κ3) is 5.89. The SMILES string of the molecule is C=C(C)NCSC. The first-order valence-electron chi connectivity index (χ1n) is 2.15. The smallest absolute Gasteiger partial charge is 0.0604 e. The topological polar surface area (TPSA) is 12.0 Å². The van der Waals surface area contributed by atoms with E-state index >= 15 is 0 Å². The Hall–Kier alpha value is -0.110. The van der Waals surface area contributed by atoms with Crippen LogP contribution in [0.15, 0.2) is 12.3 Å². The minimum atomic E-state index is 0.968. The highest BCUT2D eigenvalue weighted by Gasteiger charge is 1.76. The van der Waals surface area contributed by atoms with Crippen molar-refractivity contribution < 1.29 is 0 Å². The highest BCUT2D eigenvalue weighted by atomic mass is 32.2. The molecule has 1 N–H and O–H groups in total. The second kappa shape index (κ2) is 4.06. The highest BCUT2D eigenvalue weighted by Crippen LogP contribution is 1.87. The summed E-state index contributed by atoms with van der Waals surface area (Å²) in [4.78, 5) is 0. The number of hydrogen-bond donors (Lipinski definition) is 1. The molecule has 7 heavy (non-hydrogen) atoms. The Balaban J connectivity index is 2.82. The maximum atomic E-state index is 3.67. The molecular formula is C5H11NS. The zero-order chi connectivity index (χ0) is 5.70. The highest BCUT2D eigenvalue weighted by molar-refractivity contribution is 7.98. The molecule has 0 aliphatic heterocycles. The number of hydrogen-bond acceptors (Lipinski definition) is 2. The molecule has 42 valence electrons. The maximum Gasteiger partial charge on any atom is 0.0604 e. The van der Waals surface area contributed by atoms with Crippen molar-refractivity contribution in [1.29, 1.82) is 0 Å². The summed E-state index contributed by atoms with van der Waals surface area (Å²) in [5, 5.41) is 3.06. The molecule has 0 saturated heterocycles. The normalized spacial score (nSPS) is 8.29. The lowest BCUT2D eigenvalue weighted by Gasteiger charge is -1.98. The van der Waals surface area contributed by atoms with E-state index in [0.29, 0.717) is 0 Å². The zero-order valence-electron chi connectivity index (χ0n) is 4.82. The Morgan fingerprint density at radius 1 is 1.86 bits per heavy atom. The van der Waals surface area contributed by atoms with Gasteiger partial charge in [-0.3, -0.25) is 0 Å². The Kier molecular flexibility index (Phi) is 4.00. The van der Waals surface area contributed by atoms with Crippen LogP contribution in [0.3, 0.4) is 0 Å². The molecule has 0 aliphatic rings. The quantitative estimate of drug-likeness (QED) is 0.561. The van der Waals surface area contributed by atoms with Crippen LogP contribution in [0.1, 0.15) is 6.92 Å². The van der Waals surface area contributed by atoms with Gasteiger partial charge in [-0.25, -0.2) is 0 Å². The molecule has 1 nitrogen and oxygen atoms in total. The average molecular weight is 117 g/mol. The Labute approximate surface area is 49.2 Å². The molecule has 0 aliphatic carbocycles. The molecule has 0 aromatic rings. The molecule has 2 heteroatoms. The third-order valence-corrected chi connectivity index (χ3v) is 0.951. The first-order chi connectivity index (χ1) is 3.27. The van der Waals surface area contributed by atoms with Crippen molar-refractivity contribution in [2.45, 2.75) is 6.92 Å². The predicted octanol–water partition coefficient (Wildman–Crippen LogP) is 1.43. The monoisotopic (exact) mass is 117 g/mol. The van der Waals surface area contributed by atoms with Gasteiger partial charge >= 0.3 is 0 Å². The van der Waals surface area contributed by atoms with E-state index in [1.54, 1.807) is 11.8 Å². The van der Waals surface area contributed by atoms with Crippen LogP contribution in [-0.4, -0.2) is 12.1 Å². The van der Waals surface area contributed by atoms with E-state index in [1.807, 2.05) is 6.92 Å². The maximum absolute atomic E-state index is 3.67. The molecule has 0 heterocycles. The lowest BCUT2D eigenvalue weighted by Crippen LogP contribution is -2.07. The van der Waals surface area contributed by atoms with E-state index in [2.05, 4.69) is 18.2 Å². The summed E-state index contributed by atoms with van der Waals surface area (Å²) in [7, 11) is 0. The van der Waals surface area contributed by atoms with Gasteiger partial charge in [0, 0.05) is 5.70 Å². The number of allylic oxidation sites excluding steroid dienone is 1. The van der Waals surface area contributed by atoms with E-state index in [1.165, 1.54) is 0 Å². The summed E-state index contributed by atoms with van der Waals surface area (Å²) in [5.74, 6) is 0.968. The van der Waals surface area contributed by atoms with Gasteiger partial charge in [0.1, 0.15) is 0 Å². The minimum Gasteiger partial charge on any atom is -0.380 e. The Morgan fingerprint density at radius 3 is 2.57 bits per heavy atom. The largest absolute Gasteiger partial charge is 0.380 e. The fourth-order valence-corrected chi connectivity index (χ4v) is 0.586. The molecule has 0 saturated carbocycles. The number of rotatable bonds is 3. The van der Waals surface area contributed by atoms with Crippen molar-refractivity contribution in [3.05, 3.63) is 12.3 Å². The lowest BCUT2D eigenvalue weighted by atomic mass is 10.6. The van der Waals surface area contributed by atoms with Crippen LogP contribution < -0.4 is 5.32 Å². The molecule has 0 aromatic heterocycles. The van der Waals surface area contributed by atoms with E-state index in [9.17, 15) is 0 Å². The van der Waals surface area contributed by atoms with Gasteiger partial charge in [-0.05, 0) is 13.2 Å². The zero-order valence-corrected chi connectivity index (χ0v) is 5.64. The van der Waals surface area contributed by atoms with Crippen LogP contribution >= 0.6 is 11.8 Å². The van der Waals surface area contributed by atoms with Crippen molar-refractivity contribution in [2.24, 2.45) is 0 Å². The Bertz CT molecular complexity index is 61.1. The summed E-state index contributed by atoms with van der Waals surface area (Å²) in [6.07, 6.45) is 2.05. The summed E-state index contributed by atoms with van der Waals surface area (Å²) >= 11 is 1.76. The summed E-state index contributed by atoms with van der Waals surface area (Å²) in [5.41, 5.74) is 1.04. The standard InChI is InChI=1S/C5H11NS/c1-5(2)6-4-7-3/h6H,1,4H2,2-3H3. The molecular weight excluding hydrogens is 106 g/mol. The van der Waals surface area contributed by atoms with Crippen LogP contribution in [0.25, 0.3) is 0 Å². The van der Waals surface area contributed by atoms with Gasteiger partial charge in [-0.1, -0.05) is 6.58 Å². The van der Waals surface area contributed by atoms with Gasteiger partial charge in [0.25, 0.3) is 0 Å². The average Bonchev–Trinajstić information content (AvgIpc) is 1.61. The predicted molar refractivity (Wildman–Crippen MR) is 36.3 cm³/mol. The van der Waals surface area contributed by atoms with Gasteiger partial charge in [0.05, 0.1) is 5.88 Å². The fraction of sp³-hybridized carbons (Fsp3) is 0.600. The van der Waals surface area contributed by atoms with Gasteiger partial charge in [-0.2, -0.15) is 0 Å². The van der Waals surface area contributed by atoms with Crippen molar-refractivity contribution in [3.8, 4) is 0 Å². The van der Waals surface area contributed by atoms with Crippen LogP contribution in [0.4, 0.5) is 0 Å². The molecule has 0 bridgehead atoms. The van der Waals surface area contributed by atoms with Crippen molar-refractivity contribution in [3.63, 3.8) is 0 Å². The van der Waals surface area contributed by atoms with Crippen molar-refractivity contribution >= 4 is 11.8 Å². The molecule has 0 amide bonds. The van der Waals surface area contributed by atoms with E-state index in [0.717, 1.165) is 11.6 Å². The molecule has 0 aromatic carbocycles.